The van der Waals surface area contributed by atoms with E-state index in [0.717, 1.165) is 70.8 Å². The smallest absolute Gasteiger partial charge is 0.254 e. The molecule has 1 amide bonds. The van der Waals surface area contributed by atoms with Crippen LogP contribution in [-0.4, -0.2) is 61.1 Å². The summed E-state index contributed by atoms with van der Waals surface area (Å²) in [7, 11) is 0. The average molecular weight is 540 g/mol. The van der Waals surface area contributed by atoms with Crippen molar-refractivity contribution in [3.63, 3.8) is 0 Å². The second-order valence-corrected chi connectivity index (χ2v) is 11.3. The number of hydrogen-bond donors (Lipinski definition) is 0. The van der Waals surface area contributed by atoms with Gasteiger partial charge in [0.15, 0.2) is 0 Å². The lowest BCUT2D eigenvalue weighted by Crippen LogP contribution is -2.46. The maximum absolute atomic E-state index is 14.0. The Balaban J connectivity index is 1.28. The maximum Gasteiger partial charge on any atom is 0.254 e. The number of hydrogen-bond acceptors (Lipinski definition) is 4. The highest BCUT2D eigenvalue weighted by atomic mass is 16.5. The summed E-state index contributed by atoms with van der Waals surface area (Å²) in [6.45, 7) is 9.30. The van der Waals surface area contributed by atoms with Crippen LogP contribution >= 0.6 is 0 Å². The number of rotatable bonds is 11. The number of benzene rings is 3. The fourth-order valence-corrected chi connectivity index (χ4v) is 5.99. The van der Waals surface area contributed by atoms with Gasteiger partial charge in [-0.05, 0) is 66.6 Å². The minimum Gasteiger partial charge on any atom is -0.378 e. The van der Waals surface area contributed by atoms with E-state index >= 15 is 0 Å². The minimum atomic E-state index is 0.152. The Kier molecular flexibility index (Phi) is 10.3. The molecule has 0 unspecified atom stereocenters. The van der Waals surface area contributed by atoms with Crippen LogP contribution in [0.2, 0.25) is 0 Å². The summed E-state index contributed by atoms with van der Waals surface area (Å²) < 4.78 is 5.52. The third-order valence-corrected chi connectivity index (χ3v) is 8.44. The highest BCUT2D eigenvalue weighted by molar-refractivity contribution is 5.94. The van der Waals surface area contributed by atoms with E-state index in [2.05, 4.69) is 88.4 Å². The van der Waals surface area contributed by atoms with Crippen LogP contribution in [0, 0.1) is 0 Å². The van der Waals surface area contributed by atoms with E-state index in [0.29, 0.717) is 6.54 Å². The van der Waals surface area contributed by atoms with Crippen molar-refractivity contribution in [3.05, 3.63) is 101 Å². The summed E-state index contributed by atoms with van der Waals surface area (Å²) in [5, 5.41) is 0. The molecule has 0 aliphatic carbocycles. The Morgan fingerprint density at radius 1 is 0.800 bits per heavy atom. The van der Waals surface area contributed by atoms with Crippen LogP contribution in [0.1, 0.15) is 66.1 Å². The average Bonchev–Trinajstić information content (AvgIpc) is 3.02. The lowest BCUT2D eigenvalue weighted by molar-refractivity contribution is 0.0543. The van der Waals surface area contributed by atoms with Crippen LogP contribution in [-0.2, 0) is 24.2 Å². The summed E-state index contributed by atoms with van der Waals surface area (Å²) in [6, 6.07) is 28.2. The first kappa shape index (κ1) is 28.4. The Labute approximate surface area is 240 Å². The third kappa shape index (κ3) is 7.74. The number of unbranched alkanes of at least 4 members (excludes halogenated alkanes) is 2. The Bertz CT molecular complexity index is 1170. The van der Waals surface area contributed by atoms with Gasteiger partial charge in [-0.2, -0.15) is 0 Å². The topological polar surface area (TPSA) is 36.0 Å². The van der Waals surface area contributed by atoms with E-state index in [1.54, 1.807) is 0 Å². The molecule has 2 aliphatic rings. The molecule has 5 rings (SSSR count). The highest BCUT2D eigenvalue weighted by Crippen LogP contribution is 2.25. The van der Waals surface area contributed by atoms with Gasteiger partial charge in [0.05, 0.1) is 13.2 Å². The number of ether oxygens (including phenoxy) is 1. The van der Waals surface area contributed by atoms with Crippen LogP contribution in [0.5, 0.6) is 0 Å². The minimum absolute atomic E-state index is 0.152. The van der Waals surface area contributed by atoms with Crippen LogP contribution in [0.15, 0.2) is 78.9 Å². The zero-order valence-electron chi connectivity index (χ0n) is 24.1. The molecular formula is C35H45N3O2. The lowest BCUT2D eigenvalue weighted by Gasteiger charge is -2.39. The van der Waals surface area contributed by atoms with E-state index in [1.807, 2.05) is 12.1 Å². The van der Waals surface area contributed by atoms with Crippen molar-refractivity contribution in [2.75, 3.05) is 44.3 Å². The third-order valence-electron chi connectivity index (χ3n) is 8.44. The highest BCUT2D eigenvalue weighted by Gasteiger charge is 2.29. The van der Waals surface area contributed by atoms with Crippen molar-refractivity contribution >= 4 is 11.6 Å². The number of carbonyl (C=O) groups is 1. The number of aryl methyl sites for hydroxylation is 1. The molecule has 0 aromatic heterocycles. The van der Waals surface area contributed by atoms with Gasteiger partial charge in [-0.1, -0.05) is 74.4 Å². The molecule has 212 valence electrons. The molecule has 5 heteroatoms. The molecule has 3 aromatic carbocycles. The second kappa shape index (κ2) is 14.5. The van der Waals surface area contributed by atoms with Crippen molar-refractivity contribution in [2.24, 2.45) is 0 Å². The van der Waals surface area contributed by atoms with Gasteiger partial charge in [-0.25, -0.2) is 0 Å². The summed E-state index contributed by atoms with van der Waals surface area (Å²) in [4.78, 5) is 21.0. The van der Waals surface area contributed by atoms with Crippen molar-refractivity contribution < 1.29 is 9.53 Å². The molecule has 2 fully saturated rings. The number of amides is 1. The predicted molar refractivity (Wildman–Crippen MR) is 164 cm³/mol. The van der Waals surface area contributed by atoms with Crippen LogP contribution in [0.3, 0.4) is 0 Å². The van der Waals surface area contributed by atoms with Crippen molar-refractivity contribution in [3.8, 4) is 0 Å². The first-order valence-corrected chi connectivity index (χ1v) is 15.3. The van der Waals surface area contributed by atoms with Crippen LogP contribution in [0.4, 0.5) is 5.69 Å². The zero-order valence-corrected chi connectivity index (χ0v) is 24.1. The van der Waals surface area contributed by atoms with Gasteiger partial charge >= 0.3 is 0 Å². The van der Waals surface area contributed by atoms with Crippen LogP contribution < -0.4 is 4.90 Å². The Morgan fingerprint density at radius 2 is 1.48 bits per heavy atom. The number of morpholine rings is 1. The van der Waals surface area contributed by atoms with E-state index in [1.165, 1.54) is 41.6 Å². The van der Waals surface area contributed by atoms with Gasteiger partial charge in [0.25, 0.3) is 5.91 Å². The molecule has 2 saturated heterocycles. The van der Waals surface area contributed by atoms with Crippen molar-refractivity contribution in [2.45, 2.75) is 64.6 Å². The molecule has 2 heterocycles. The molecule has 0 spiro atoms. The van der Waals surface area contributed by atoms with E-state index in [4.69, 9.17) is 4.74 Å². The normalized spacial score (nSPS) is 16.7. The molecule has 0 N–H and O–H groups in total. The lowest BCUT2D eigenvalue weighted by atomic mass is 9.99. The second-order valence-electron chi connectivity index (χ2n) is 11.3. The van der Waals surface area contributed by atoms with Gasteiger partial charge in [-0.3, -0.25) is 9.69 Å². The SMILES string of the molecule is CCCCCc1ccc(C(=O)N(Cc2ccc(N3CCOCC3)cc2)C2CCN(Cc3ccccc3)CC2)cc1. The summed E-state index contributed by atoms with van der Waals surface area (Å²) in [5.74, 6) is 0.152. The fourth-order valence-electron chi connectivity index (χ4n) is 5.99. The number of likely N-dealkylation sites (tertiary alicyclic amines) is 1. The first-order chi connectivity index (χ1) is 19.7. The van der Waals surface area contributed by atoms with Crippen LogP contribution in [0.25, 0.3) is 0 Å². The van der Waals surface area contributed by atoms with Crippen molar-refractivity contribution in [1.82, 2.24) is 9.80 Å². The molecule has 40 heavy (non-hydrogen) atoms. The first-order valence-electron chi connectivity index (χ1n) is 15.3. The van der Waals surface area contributed by atoms with Gasteiger partial charge in [0.1, 0.15) is 0 Å². The summed E-state index contributed by atoms with van der Waals surface area (Å²) >= 11 is 0. The maximum atomic E-state index is 14.0. The molecule has 3 aromatic rings. The molecule has 0 radical (unpaired) electrons. The molecule has 0 saturated carbocycles. The Hall–Kier alpha value is -3.15. The van der Waals surface area contributed by atoms with Gasteiger partial charge in [0.2, 0.25) is 0 Å². The van der Waals surface area contributed by atoms with Gasteiger partial charge in [0, 0.05) is 56.6 Å². The number of nitrogens with zero attached hydrogens (tertiary/aromatic N) is 3. The molecule has 5 nitrogen and oxygen atoms in total. The van der Waals surface area contributed by atoms with Gasteiger partial charge in [-0.15, -0.1) is 0 Å². The predicted octanol–water partition coefficient (Wildman–Crippen LogP) is 6.56. The quantitative estimate of drug-likeness (QED) is 0.259. The number of piperidine rings is 1. The summed E-state index contributed by atoms with van der Waals surface area (Å²) in [6.07, 6.45) is 6.77. The van der Waals surface area contributed by atoms with Gasteiger partial charge < -0.3 is 14.5 Å². The standard InChI is InChI=1S/C35H45N3O2/c1-2-3-5-8-29-11-15-32(16-12-29)35(39)38(28-31-13-17-33(18-14-31)37-23-25-40-26-24-37)34-19-21-36(22-20-34)27-30-9-6-4-7-10-30/h4,6-7,9-18,34H,2-3,5,8,19-28H2,1H3. The van der Waals surface area contributed by atoms with E-state index < -0.39 is 0 Å². The van der Waals surface area contributed by atoms with E-state index in [9.17, 15) is 4.79 Å². The largest absolute Gasteiger partial charge is 0.378 e. The molecule has 2 aliphatic heterocycles. The summed E-state index contributed by atoms with van der Waals surface area (Å²) in [5.41, 5.74) is 5.90. The molecule has 0 bridgehead atoms. The number of anilines is 1. The Morgan fingerprint density at radius 3 is 2.15 bits per heavy atom. The monoisotopic (exact) mass is 539 g/mol. The van der Waals surface area contributed by atoms with E-state index in [-0.39, 0.29) is 11.9 Å². The molecule has 0 atom stereocenters. The molecular weight excluding hydrogens is 494 g/mol. The zero-order chi connectivity index (χ0) is 27.6. The fraction of sp³-hybridized carbons (Fsp3) is 0.457. The number of carbonyl (C=O) groups excluding carboxylic acids is 1. The van der Waals surface area contributed by atoms with Crippen molar-refractivity contribution in [1.29, 1.82) is 0 Å².